The Hall–Kier alpha value is 0.0900. The van der Waals surface area contributed by atoms with E-state index in [-0.39, 0.29) is 11.8 Å². The fraction of sp³-hybridized carbons (Fsp3) is 0.417. The SMILES string of the molecule is CCC(C)[C@H](N)C(=O)Nc1c(Br)cc(Br)cc1Br. The number of halogens is 3. The Morgan fingerprint density at radius 1 is 1.33 bits per heavy atom. The molecule has 0 saturated carbocycles. The molecule has 0 bridgehead atoms. The van der Waals surface area contributed by atoms with Crippen molar-refractivity contribution >= 4 is 59.4 Å². The van der Waals surface area contributed by atoms with Crippen LogP contribution in [-0.2, 0) is 4.79 Å². The zero-order chi connectivity index (χ0) is 13.9. The summed E-state index contributed by atoms with van der Waals surface area (Å²) < 4.78 is 2.52. The molecule has 1 unspecified atom stereocenters. The van der Waals surface area contributed by atoms with Crippen LogP contribution in [0.5, 0.6) is 0 Å². The van der Waals surface area contributed by atoms with Gasteiger partial charge in [0, 0.05) is 13.4 Å². The third-order valence-corrected chi connectivity index (χ3v) is 4.52. The van der Waals surface area contributed by atoms with Crippen LogP contribution in [0, 0.1) is 5.92 Å². The van der Waals surface area contributed by atoms with Gasteiger partial charge in [-0.05, 0) is 49.9 Å². The van der Waals surface area contributed by atoms with Gasteiger partial charge < -0.3 is 11.1 Å². The third-order valence-electron chi connectivity index (χ3n) is 2.81. The Morgan fingerprint density at radius 3 is 2.28 bits per heavy atom. The highest BCUT2D eigenvalue weighted by Gasteiger charge is 2.21. The van der Waals surface area contributed by atoms with Crippen molar-refractivity contribution in [1.82, 2.24) is 0 Å². The van der Waals surface area contributed by atoms with Crippen LogP contribution in [0.2, 0.25) is 0 Å². The lowest BCUT2D eigenvalue weighted by Crippen LogP contribution is -2.40. The highest BCUT2D eigenvalue weighted by Crippen LogP contribution is 2.34. The van der Waals surface area contributed by atoms with Crippen LogP contribution in [-0.4, -0.2) is 11.9 Å². The molecule has 0 fully saturated rings. The van der Waals surface area contributed by atoms with E-state index in [1.807, 2.05) is 26.0 Å². The van der Waals surface area contributed by atoms with Crippen molar-refractivity contribution in [1.29, 1.82) is 0 Å². The van der Waals surface area contributed by atoms with E-state index < -0.39 is 6.04 Å². The number of nitrogens with two attached hydrogens (primary N) is 1. The molecule has 1 aromatic rings. The first kappa shape index (κ1) is 16.1. The van der Waals surface area contributed by atoms with E-state index in [0.717, 1.165) is 19.8 Å². The molecule has 0 aliphatic carbocycles. The highest BCUT2D eigenvalue weighted by atomic mass is 79.9. The number of amides is 1. The number of benzene rings is 1. The van der Waals surface area contributed by atoms with Gasteiger partial charge in [0.1, 0.15) is 0 Å². The molecule has 3 nitrogen and oxygen atoms in total. The van der Waals surface area contributed by atoms with Crippen molar-refractivity contribution in [3.05, 3.63) is 25.6 Å². The predicted molar refractivity (Wildman–Crippen MR) is 85.6 cm³/mol. The molecule has 18 heavy (non-hydrogen) atoms. The fourth-order valence-electron chi connectivity index (χ4n) is 1.38. The minimum Gasteiger partial charge on any atom is -0.323 e. The predicted octanol–water partition coefficient (Wildman–Crippen LogP) is 4.29. The highest BCUT2D eigenvalue weighted by molar-refractivity contribution is 9.11. The summed E-state index contributed by atoms with van der Waals surface area (Å²) in [4.78, 5) is 12.0. The van der Waals surface area contributed by atoms with E-state index in [9.17, 15) is 4.79 Å². The molecule has 1 amide bonds. The van der Waals surface area contributed by atoms with Crippen LogP contribution in [0.4, 0.5) is 5.69 Å². The number of anilines is 1. The minimum absolute atomic E-state index is 0.151. The van der Waals surface area contributed by atoms with Gasteiger partial charge in [0.05, 0.1) is 11.7 Å². The molecule has 0 aliphatic rings. The summed E-state index contributed by atoms with van der Waals surface area (Å²) in [7, 11) is 0. The first-order chi connectivity index (χ1) is 8.36. The van der Waals surface area contributed by atoms with Crippen LogP contribution in [0.15, 0.2) is 25.6 Å². The Labute approximate surface area is 132 Å². The summed E-state index contributed by atoms with van der Waals surface area (Å²) in [5.41, 5.74) is 6.59. The van der Waals surface area contributed by atoms with Gasteiger partial charge in [0.2, 0.25) is 5.91 Å². The van der Waals surface area contributed by atoms with Crippen LogP contribution in [0.3, 0.4) is 0 Å². The lowest BCUT2D eigenvalue weighted by molar-refractivity contribution is -0.118. The van der Waals surface area contributed by atoms with Crippen LogP contribution in [0.1, 0.15) is 20.3 Å². The largest absolute Gasteiger partial charge is 0.323 e. The molecule has 3 N–H and O–H groups in total. The average molecular weight is 443 g/mol. The second-order valence-electron chi connectivity index (χ2n) is 4.15. The van der Waals surface area contributed by atoms with Gasteiger partial charge in [0.15, 0.2) is 0 Å². The van der Waals surface area contributed by atoms with Gasteiger partial charge >= 0.3 is 0 Å². The second-order valence-corrected chi connectivity index (χ2v) is 6.77. The maximum Gasteiger partial charge on any atom is 0.241 e. The van der Waals surface area contributed by atoms with Crippen molar-refractivity contribution in [3.8, 4) is 0 Å². The smallest absolute Gasteiger partial charge is 0.241 e. The van der Waals surface area contributed by atoms with Crippen molar-refractivity contribution in [2.45, 2.75) is 26.3 Å². The average Bonchev–Trinajstić information content (AvgIpc) is 2.31. The maximum absolute atomic E-state index is 12.0. The Balaban J connectivity index is 2.89. The van der Waals surface area contributed by atoms with Gasteiger partial charge in [-0.1, -0.05) is 36.2 Å². The molecule has 2 atom stereocenters. The zero-order valence-electron chi connectivity index (χ0n) is 10.1. The molecule has 1 aromatic carbocycles. The summed E-state index contributed by atoms with van der Waals surface area (Å²) in [5.74, 6) is -0.0222. The fourth-order valence-corrected chi connectivity index (χ4v) is 3.84. The van der Waals surface area contributed by atoms with Crippen molar-refractivity contribution < 1.29 is 4.79 Å². The lowest BCUT2D eigenvalue weighted by atomic mass is 9.99. The topological polar surface area (TPSA) is 55.1 Å². The van der Waals surface area contributed by atoms with E-state index in [1.54, 1.807) is 0 Å². The Kier molecular flexibility index (Phi) is 6.30. The summed E-state index contributed by atoms with van der Waals surface area (Å²) >= 11 is 10.2. The van der Waals surface area contributed by atoms with Crippen molar-refractivity contribution in [3.63, 3.8) is 0 Å². The third kappa shape index (κ3) is 4.05. The molecule has 0 radical (unpaired) electrons. The standard InChI is InChI=1S/C12H15Br3N2O/c1-3-6(2)10(16)12(18)17-11-8(14)4-7(13)5-9(11)15/h4-6,10H,3,16H2,1-2H3,(H,17,18)/t6?,10-/m0/s1. The number of nitrogens with one attached hydrogen (secondary N) is 1. The molecule has 6 heteroatoms. The van der Waals surface area contributed by atoms with Crippen LogP contribution >= 0.6 is 47.8 Å². The van der Waals surface area contributed by atoms with Crippen LogP contribution < -0.4 is 11.1 Å². The number of carbonyl (C=O) groups is 1. The van der Waals surface area contributed by atoms with E-state index in [2.05, 4.69) is 53.1 Å². The molecule has 0 spiro atoms. The van der Waals surface area contributed by atoms with E-state index in [0.29, 0.717) is 5.69 Å². The van der Waals surface area contributed by atoms with E-state index >= 15 is 0 Å². The molecule has 0 aromatic heterocycles. The first-order valence-corrected chi connectivity index (χ1v) is 7.95. The normalized spacial score (nSPS) is 14.1. The van der Waals surface area contributed by atoms with Gasteiger partial charge in [0.25, 0.3) is 0 Å². The van der Waals surface area contributed by atoms with Gasteiger partial charge in [-0.25, -0.2) is 0 Å². The summed E-state index contributed by atoms with van der Waals surface area (Å²) in [6, 6.07) is 3.24. The van der Waals surface area contributed by atoms with Crippen molar-refractivity contribution in [2.75, 3.05) is 5.32 Å². The number of rotatable bonds is 4. The first-order valence-electron chi connectivity index (χ1n) is 5.57. The van der Waals surface area contributed by atoms with Gasteiger partial charge in [-0.15, -0.1) is 0 Å². The van der Waals surface area contributed by atoms with E-state index in [1.165, 1.54) is 0 Å². The summed E-state index contributed by atoms with van der Waals surface area (Å²) in [6.07, 6.45) is 0.872. The summed E-state index contributed by atoms with van der Waals surface area (Å²) in [6.45, 7) is 3.99. The molecular formula is C12H15Br3N2O. The Bertz CT molecular complexity index is 428. The zero-order valence-corrected chi connectivity index (χ0v) is 14.9. The second kappa shape index (κ2) is 7.03. The van der Waals surface area contributed by atoms with Gasteiger partial charge in [-0.3, -0.25) is 4.79 Å². The molecular weight excluding hydrogens is 428 g/mol. The van der Waals surface area contributed by atoms with Gasteiger partial charge in [-0.2, -0.15) is 0 Å². The molecule has 1 rings (SSSR count). The number of hydrogen-bond acceptors (Lipinski definition) is 2. The van der Waals surface area contributed by atoms with Crippen LogP contribution in [0.25, 0.3) is 0 Å². The van der Waals surface area contributed by atoms with Crippen molar-refractivity contribution in [2.24, 2.45) is 11.7 Å². The molecule has 0 aliphatic heterocycles. The monoisotopic (exact) mass is 440 g/mol. The molecule has 0 heterocycles. The number of hydrogen-bond donors (Lipinski definition) is 2. The quantitative estimate of drug-likeness (QED) is 0.731. The minimum atomic E-state index is -0.502. The molecule has 100 valence electrons. The Morgan fingerprint density at radius 2 is 1.83 bits per heavy atom. The number of carbonyl (C=O) groups excluding carboxylic acids is 1. The molecule has 0 saturated heterocycles. The lowest BCUT2D eigenvalue weighted by Gasteiger charge is -2.19. The van der Waals surface area contributed by atoms with E-state index in [4.69, 9.17) is 5.73 Å². The summed E-state index contributed by atoms with van der Waals surface area (Å²) in [5, 5.41) is 2.84. The maximum atomic E-state index is 12.0.